The van der Waals surface area contributed by atoms with E-state index in [9.17, 15) is 4.79 Å². The topological polar surface area (TPSA) is 69.0 Å². The van der Waals surface area contributed by atoms with Gasteiger partial charge in [-0.05, 0) is 24.5 Å². The molecule has 25 heavy (non-hydrogen) atoms. The van der Waals surface area contributed by atoms with Gasteiger partial charge < -0.3 is 0 Å². The van der Waals surface area contributed by atoms with Crippen molar-refractivity contribution >= 4 is 16.9 Å². The molecule has 0 aliphatic carbocycles. The fourth-order valence-corrected chi connectivity index (χ4v) is 2.75. The minimum absolute atomic E-state index is 0.205. The molecule has 6 nitrogen and oxygen atoms in total. The van der Waals surface area contributed by atoms with Gasteiger partial charge in [0.1, 0.15) is 0 Å². The maximum atomic E-state index is 12.7. The zero-order chi connectivity index (χ0) is 18.0. The number of hydrogen-bond acceptors (Lipinski definition) is 4. The van der Waals surface area contributed by atoms with E-state index in [1.807, 2.05) is 64.2 Å². The molecule has 1 N–H and O–H groups in total. The molecule has 1 amide bonds. The molecule has 3 rings (SSSR count). The highest BCUT2D eigenvalue weighted by atomic mass is 16.6. The quantitative estimate of drug-likeness (QED) is 0.725. The summed E-state index contributed by atoms with van der Waals surface area (Å²) in [4.78, 5) is 22.7. The maximum Gasteiger partial charge on any atom is 0.275 e. The highest BCUT2D eigenvalue weighted by molar-refractivity contribution is 6.06. The first-order valence-electron chi connectivity index (χ1n) is 8.27. The van der Waals surface area contributed by atoms with Crippen molar-refractivity contribution in [3.05, 3.63) is 58.9 Å². The summed E-state index contributed by atoms with van der Waals surface area (Å²) in [5, 5.41) is 5.15. The molecule has 0 fully saturated rings. The van der Waals surface area contributed by atoms with Crippen LogP contribution in [-0.4, -0.2) is 20.7 Å². The van der Waals surface area contributed by atoms with Gasteiger partial charge in [0.15, 0.2) is 5.65 Å². The lowest BCUT2D eigenvalue weighted by molar-refractivity contribution is 0.0235. The number of aromatic nitrogens is 3. The molecule has 0 atom stereocenters. The molecule has 3 aromatic rings. The first-order valence-corrected chi connectivity index (χ1v) is 8.27. The molecule has 0 spiro atoms. The summed E-state index contributed by atoms with van der Waals surface area (Å²) >= 11 is 0. The van der Waals surface area contributed by atoms with E-state index in [2.05, 4.69) is 15.6 Å². The largest absolute Gasteiger partial charge is 0.275 e. The zero-order valence-corrected chi connectivity index (χ0v) is 14.9. The predicted molar refractivity (Wildman–Crippen MR) is 96.0 cm³/mol. The molecule has 6 heteroatoms. The van der Waals surface area contributed by atoms with E-state index in [4.69, 9.17) is 4.84 Å². The zero-order valence-electron chi connectivity index (χ0n) is 14.9. The van der Waals surface area contributed by atoms with Crippen molar-refractivity contribution < 1.29 is 9.63 Å². The van der Waals surface area contributed by atoms with Gasteiger partial charge in [-0.2, -0.15) is 5.10 Å². The van der Waals surface area contributed by atoms with Crippen LogP contribution in [-0.2, 0) is 18.5 Å². The highest BCUT2D eigenvalue weighted by Crippen LogP contribution is 2.24. The standard InChI is InChI=1S/C19H22N4O2/c1-12(2)16-10-15(17-13(3)21-23(4)18(17)20-16)19(24)22-25-11-14-8-6-5-7-9-14/h5-10,12H,11H2,1-4H3,(H,22,24). The minimum atomic E-state index is -0.290. The van der Waals surface area contributed by atoms with Crippen LogP contribution in [0, 0.1) is 6.92 Å². The van der Waals surface area contributed by atoms with Gasteiger partial charge in [-0.25, -0.2) is 10.5 Å². The van der Waals surface area contributed by atoms with Crippen LogP contribution < -0.4 is 5.48 Å². The number of fused-ring (bicyclic) bond motifs is 1. The Kier molecular flexibility index (Phi) is 4.81. The fraction of sp³-hybridized carbons (Fsp3) is 0.316. The van der Waals surface area contributed by atoms with Crippen LogP contribution in [0.1, 0.15) is 47.1 Å². The number of benzene rings is 1. The SMILES string of the molecule is Cc1nn(C)c2nc(C(C)C)cc(C(=O)NOCc3ccccc3)c12. The number of nitrogens with one attached hydrogen (secondary N) is 1. The molecular weight excluding hydrogens is 316 g/mol. The summed E-state index contributed by atoms with van der Waals surface area (Å²) in [6.45, 7) is 6.28. The number of carbonyl (C=O) groups excluding carboxylic acids is 1. The number of rotatable bonds is 5. The van der Waals surface area contributed by atoms with Crippen molar-refractivity contribution in [3.8, 4) is 0 Å². The van der Waals surface area contributed by atoms with Gasteiger partial charge in [0.25, 0.3) is 5.91 Å². The minimum Gasteiger partial charge on any atom is -0.269 e. The molecule has 0 bridgehead atoms. The second-order valence-corrected chi connectivity index (χ2v) is 6.36. The van der Waals surface area contributed by atoms with Gasteiger partial charge in [-0.3, -0.25) is 14.3 Å². The Morgan fingerprint density at radius 2 is 2.00 bits per heavy atom. The van der Waals surface area contributed by atoms with E-state index in [0.717, 1.165) is 22.3 Å². The van der Waals surface area contributed by atoms with Crippen LogP contribution >= 0.6 is 0 Å². The first kappa shape index (κ1) is 17.1. The third kappa shape index (κ3) is 3.53. The molecule has 0 saturated heterocycles. The highest BCUT2D eigenvalue weighted by Gasteiger charge is 2.19. The van der Waals surface area contributed by atoms with Gasteiger partial charge in [-0.15, -0.1) is 0 Å². The lowest BCUT2D eigenvalue weighted by Gasteiger charge is -2.11. The van der Waals surface area contributed by atoms with Crippen LogP contribution in [0.4, 0.5) is 0 Å². The number of pyridine rings is 1. The molecule has 1 aromatic carbocycles. The number of hydrogen-bond donors (Lipinski definition) is 1. The number of amides is 1. The van der Waals surface area contributed by atoms with E-state index in [1.165, 1.54) is 0 Å². The lowest BCUT2D eigenvalue weighted by atomic mass is 10.0. The predicted octanol–water partition coefficient (Wildman–Crippen LogP) is 3.26. The van der Waals surface area contributed by atoms with E-state index < -0.39 is 0 Å². The first-order chi connectivity index (χ1) is 12.0. The van der Waals surface area contributed by atoms with Crippen LogP contribution in [0.15, 0.2) is 36.4 Å². The second kappa shape index (κ2) is 7.03. The molecule has 2 aromatic heterocycles. The van der Waals surface area contributed by atoms with E-state index >= 15 is 0 Å². The molecule has 130 valence electrons. The van der Waals surface area contributed by atoms with Crippen molar-refractivity contribution in [1.82, 2.24) is 20.2 Å². The van der Waals surface area contributed by atoms with Gasteiger partial charge in [0, 0.05) is 12.7 Å². The van der Waals surface area contributed by atoms with Crippen LogP contribution in [0.2, 0.25) is 0 Å². The Labute approximate surface area is 146 Å². The summed E-state index contributed by atoms with van der Waals surface area (Å²) in [6.07, 6.45) is 0. The normalized spacial score (nSPS) is 11.2. The maximum absolute atomic E-state index is 12.7. The third-order valence-electron chi connectivity index (χ3n) is 4.07. The van der Waals surface area contributed by atoms with Crippen molar-refractivity contribution in [3.63, 3.8) is 0 Å². The van der Waals surface area contributed by atoms with Crippen molar-refractivity contribution in [2.24, 2.45) is 7.05 Å². The molecule has 2 heterocycles. The van der Waals surface area contributed by atoms with Gasteiger partial charge in [0.05, 0.1) is 23.3 Å². The number of nitrogens with zero attached hydrogens (tertiary/aromatic N) is 3. The fourth-order valence-electron chi connectivity index (χ4n) is 2.75. The molecule has 0 radical (unpaired) electrons. The molecule has 0 aliphatic rings. The van der Waals surface area contributed by atoms with Crippen LogP contribution in [0.5, 0.6) is 0 Å². The molecule has 0 unspecified atom stereocenters. The van der Waals surface area contributed by atoms with Crippen LogP contribution in [0.25, 0.3) is 11.0 Å². The van der Waals surface area contributed by atoms with Gasteiger partial charge in [0.2, 0.25) is 0 Å². The van der Waals surface area contributed by atoms with Crippen LogP contribution in [0.3, 0.4) is 0 Å². The number of aryl methyl sites for hydroxylation is 2. The summed E-state index contributed by atoms with van der Waals surface area (Å²) < 4.78 is 1.71. The Hall–Kier alpha value is -2.73. The molecular formula is C19H22N4O2. The molecule has 0 saturated carbocycles. The Morgan fingerprint density at radius 3 is 2.68 bits per heavy atom. The third-order valence-corrected chi connectivity index (χ3v) is 4.07. The summed E-state index contributed by atoms with van der Waals surface area (Å²) in [5.41, 5.74) is 6.39. The Morgan fingerprint density at radius 1 is 1.28 bits per heavy atom. The summed E-state index contributed by atoms with van der Waals surface area (Å²) in [7, 11) is 1.83. The van der Waals surface area contributed by atoms with Crippen molar-refractivity contribution in [2.45, 2.75) is 33.3 Å². The Bertz CT molecular complexity index is 901. The van der Waals surface area contributed by atoms with Crippen molar-refractivity contribution in [1.29, 1.82) is 0 Å². The van der Waals surface area contributed by atoms with E-state index in [0.29, 0.717) is 17.8 Å². The number of carbonyl (C=O) groups is 1. The van der Waals surface area contributed by atoms with Crippen molar-refractivity contribution in [2.75, 3.05) is 0 Å². The average Bonchev–Trinajstić information content (AvgIpc) is 2.89. The summed E-state index contributed by atoms with van der Waals surface area (Å²) in [6, 6.07) is 11.5. The van der Waals surface area contributed by atoms with Gasteiger partial charge in [-0.1, -0.05) is 44.2 Å². The second-order valence-electron chi connectivity index (χ2n) is 6.36. The van der Waals surface area contributed by atoms with E-state index in [1.54, 1.807) is 4.68 Å². The smallest absolute Gasteiger partial charge is 0.269 e. The Balaban J connectivity index is 1.87. The monoisotopic (exact) mass is 338 g/mol. The molecule has 0 aliphatic heterocycles. The van der Waals surface area contributed by atoms with Gasteiger partial charge >= 0.3 is 0 Å². The van der Waals surface area contributed by atoms with E-state index in [-0.39, 0.29) is 11.8 Å². The number of hydroxylamine groups is 1. The average molecular weight is 338 g/mol. The summed E-state index contributed by atoms with van der Waals surface area (Å²) in [5.74, 6) is -0.0854. The lowest BCUT2D eigenvalue weighted by Crippen LogP contribution is -2.24.